The molecule has 8 nitrogen and oxygen atoms in total. The second-order valence-electron chi connectivity index (χ2n) is 7.81. The molecule has 3 aromatic rings. The van der Waals surface area contributed by atoms with Gasteiger partial charge in [-0.15, -0.1) is 0 Å². The summed E-state index contributed by atoms with van der Waals surface area (Å²) in [7, 11) is -3.76. The van der Waals surface area contributed by atoms with Crippen molar-refractivity contribution < 1.29 is 13.2 Å². The number of rotatable bonds is 5. The first-order valence-corrected chi connectivity index (χ1v) is 12.2. The molecule has 0 radical (unpaired) electrons. The van der Waals surface area contributed by atoms with Gasteiger partial charge in [0.15, 0.2) is 5.82 Å². The lowest BCUT2D eigenvalue weighted by Crippen LogP contribution is -2.35. The molecule has 1 amide bonds. The summed E-state index contributed by atoms with van der Waals surface area (Å²) in [6, 6.07) is 9.70. The number of hydrogen-bond acceptors (Lipinski definition) is 5. The van der Waals surface area contributed by atoms with E-state index >= 15 is 0 Å². The van der Waals surface area contributed by atoms with Gasteiger partial charge in [-0.3, -0.25) is 4.79 Å². The van der Waals surface area contributed by atoms with E-state index in [2.05, 4.69) is 15.4 Å². The van der Waals surface area contributed by atoms with E-state index in [1.54, 1.807) is 16.8 Å². The molecule has 168 valence electrons. The average molecular weight is 474 g/mol. The number of sulfonamides is 1. The van der Waals surface area contributed by atoms with Gasteiger partial charge in [-0.25, -0.2) is 18.1 Å². The van der Waals surface area contributed by atoms with E-state index in [0.29, 0.717) is 24.6 Å². The van der Waals surface area contributed by atoms with Crippen molar-refractivity contribution in [1.82, 2.24) is 19.1 Å². The van der Waals surface area contributed by atoms with Gasteiger partial charge in [-0.2, -0.15) is 9.40 Å². The predicted molar refractivity (Wildman–Crippen MR) is 123 cm³/mol. The fraction of sp³-hybridized carbons (Fsp3) is 0.318. The lowest BCUT2D eigenvalue weighted by molar-refractivity contribution is 0.102. The van der Waals surface area contributed by atoms with Crippen molar-refractivity contribution in [3.05, 3.63) is 64.6 Å². The zero-order chi connectivity index (χ0) is 22.9. The van der Waals surface area contributed by atoms with Crippen LogP contribution in [0.4, 0.5) is 5.69 Å². The van der Waals surface area contributed by atoms with Gasteiger partial charge in [-0.1, -0.05) is 18.0 Å². The summed E-state index contributed by atoms with van der Waals surface area (Å²) in [5.41, 5.74) is 2.53. The van der Waals surface area contributed by atoms with Gasteiger partial charge >= 0.3 is 0 Å². The monoisotopic (exact) mass is 473 g/mol. The maximum absolute atomic E-state index is 13.0. The predicted octanol–water partition coefficient (Wildman–Crippen LogP) is 3.96. The maximum Gasteiger partial charge on any atom is 0.255 e. The molecule has 32 heavy (non-hydrogen) atoms. The molecule has 4 rings (SSSR count). The normalized spacial score (nSPS) is 15.0. The van der Waals surface area contributed by atoms with Crippen molar-refractivity contribution in [3.8, 4) is 5.82 Å². The lowest BCUT2D eigenvalue weighted by Gasteiger charge is -2.26. The first kappa shape index (κ1) is 22.4. The van der Waals surface area contributed by atoms with Crippen LogP contribution in [0.5, 0.6) is 0 Å². The SMILES string of the molecule is Cc1cc(C)n(-c2ccc(NC(=O)c3ccc(Cl)c(S(=O)(=O)N4CCCCC4)c3)cn2)n1. The second-order valence-corrected chi connectivity index (χ2v) is 10.1. The Balaban J connectivity index is 1.54. The number of nitrogens with one attached hydrogen (secondary N) is 1. The molecular weight excluding hydrogens is 450 g/mol. The summed E-state index contributed by atoms with van der Waals surface area (Å²) in [5, 5.41) is 7.24. The Morgan fingerprint density at radius 2 is 1.81 bits per heavy atom. The van der Waals surface area contributed by atoms with Crippen LogP contribution in [0.15, 0.2) is 47.5 Å². The molecule has 0 saturated carbocycles. The summed E-state index contributed by atoms with van der Waals surface area (Å²) in [6.45, 7) is 4.77. The van der Waals surface area contributed by atoms with E-state index in [1.807, 2.05) is 19.9 Å². The third-order valence-corrected chi connectivity index (χ3v) is 7.74. The minimum absolute atomic E-state index is 0.0493. The summed E-state index contributed by atoms with van der Waals surface area (Å²) in [4.78, 5) is 17.1. The molecule has 1 fully saturated rings. The Labute approximate surface area is 192 Å². The number of piperidine rings is 1. The maximum atomic E-state index is 13.0. The highest BCUT2D eigenvalue weighted by Crippen LogP contribution is 2.28. The molecule has 1 aliphatic rings. The highest BCUT2D eigenvalue weighted by Gasteiger charge is 2.28. The number of amides is 1. The second kappa shape index (κ2) is 9.01. The van der Waals surface area contributed by atoms with Crippen molar-refractivity contribution in [3.63, 3.8) is 0 Å². The standard InChI is InChI=1S/C22H24ClN5O3S/c1-15-12-16(2)28(26-15)21-9-7-18(14-24-21)25-22(29)17-6-8-19(23)20(13-17)32(30,31)27-10-4-3-5-11-27/h6-9,12-14H,3-5,10-11H2,1-2H3,(H,25,29). The topological polar surface area (TPSA) is 97.2 Å². The van der Waals surface area contributed by atoms with Crippen molar-refractivity contribution in [2.24, 2.45) is 0 Å². The molecule has 0 unspecified atom stereocenters. The van der Waals surface area contributed by atoms with Crippen molar-refractivity contribution in [2.45, 2.75) is 38.0 Å². The molecule has 0 bridgehead atoms. The Morgan fingerprint density at radius 1 is 1.06 bits per heavy atom. The number of carbonyl (C=O) groups is 1. The summed E-state index contributed by atoms with van der Waals surface area (Å²) < 4.78 is 29.2. The number of halogens is 1. The first-order chi connectivity index (χ1) is 15.3. The summed E-state index contributed by atoms with van der Waals surface area (Å²) in [6.07, 6.45) is 4.18. The van der Waals surface area contributed by atoms with Gasteiger partial charge in [0.25, 0.3) is 5.91 Å². The minimum Gasteiger partial charge on any atom is -0.321 e. The van der Waals surface area contributed by atoms with Crippen LogP contribution in [-0.2, 0) is 10.0 Å². The molecule has 10 heteroatoms. The van der Waals surface area contributed by atoms with Gasteiger partial charge in [0.1, 0.15) is 4.90 Å². The van der Waals surface area contributed by atoms with E-state index < -0.39 is 15.9 Å². The Morgan fingerprint density at radius 3 is 2.44 bits per heavy atom. The molecule has 1 N–H and O–H groups in total. The number of benzene rings is 1. The van der Waals surface area contributed by atoms with Crippen molar-refractivity contribution in [2.75, 3.05) is 18.4 Å². The Kier molecular flexibility index (Phi) is 6.32. The third-order valence-electron chi connectivity index (χ3n) is 5.36. The molecular formula is C22H24ClN5O3S. The van der Waals surface area contributed by atoms with E-state index in [4.69, 9.17) is 11.6 Å². The van der Waals surface area contributed by atoms with Crippen LogP contribution >= 0.6 is 11.6 Å². The number of carbonyl (C=O) groups excluding carboxylic acids is 1. The molecule has 1 aliphatic heterocycles. The zero-order valence-electron chi connectivity index (χ0n) is 17.9. The van der Waals surface area contributed by atoms with E-state index in [1.165, 1.54) is 28.7 Å². The van der Waals surface area contributed by atoms with Crippen LogP contribution in [0, 0.1) is 13.8 Å². The number of hydrogen-bond donors (Lipinski definition) is 1. The third kappa shape index (κ3) is 4.55. The lowest BCUT2D eigenvalue weighted by atomic mass is 10.2. The van der Waals surface area contributed by atoms with Crippen LogP contribution in [0.3, 0.4) is 0 Å². The quantitative estimate of drug-likeness (QED) is 0.604. The first-order valence-electron chi connectivity index (χ1n) is 10.4. The van der Waals surface area contributed by atoms with E-state index in [0.717, 1.165) is 30.7 Å². The van der Waals surface area contributed by atoms with Gasteiger partial charge in [-0.05, 0) is 63.1 Å². The fourth-order valence-corrected chi connectivity index (χ4v) is 5.75. The fourth-order valence-electron chi connectivity index (χ4n) is 3.74. The van der Waals surface area contributed by atoms with Crippen LogP contribution in [0.25, 0.3) is 5.82 Å². The number of aromatic nitrogens is 3. The molecule has 0 aliphatic carbocycles. The molecule has 2 aromatic heterocycles. The number of aryl methyl sites for hydroxylation is 2. The van der Waals surface area contributed by atoms with Gasteiger partial charge < -0.3 is 5.32 Å². The van der Waals surface area contributed by atoms with Gasteiger partial charge in [0.2, 0.25) is 10.0 Å². The molecule has 0 spiro atoms. The molecule has 1 aromatic carbocycles. The Bertz CT molecular complexity index is 1250. The van der Waals surface area contributed by atoms with E-state index in [9.17, 15) is 13.2 Å². The Hall–Kier alpha value is -2.75. The number of pyridine rings is 1. The number of nitrogens with zero attached hydrogens (tertiary/aromatic N) is 4. The molecule has 0 atom stereocenters. The summed E-state index contributed by atoms with van der Waals surface area (Å²) >= 11 is 6.20. The van der Waals surface area contributed by atoms with Gasteiger partial charge in [0, 0.05) is 24.3 Å². The zero-order valence-corrected chi connectivity index (χ0v) is 19.4. The molecule has 3 heterocycles. The van der Waals surface area contributed by atoms with E-state index in [-0.39, 0.29) is 15.5 Å². The van der Waals surface area contributed by atoms with Crippen LogP contribution in [0.2, 0.25) is 5.02 Å². The van der Waals surface area contributed by atoms with Crippen LogP contribution in [0.1, 0.15) is 41.0 Å². The largest absolute Gasteiger partial charge is 0.321 e. The minimum atomic E-state index is -3.76. The van der Waals surface area contributed by atoms with Crippen molar-refractivity contribution in [1.29, 1.82) is 0 Å². The average Bonchev–Trinajstić information content (AvgIpc) is 3.13. The smallest absolute Gasteiger partial charge is 0.255 e. The van der Waals surface area contributed by atoms with Gasteiger partial charge in [0.05, 0.1) is 22.6 Å². The van der Waals surface area contributed by atoms with Crippen molar-refractivity contribution >= 4 is 33.2 Å². The molecule has 1 saturated heterocycles. The highest BCUT2D eigenvalue weighted by molar-refractivity contribution is 7.89. The van der Waals surface area contributed by atoms with Crippen LogP contribution < -0.4 is 5.32 Å². The highest BCUT2D eigenvalue weighted by atomic mass is 35.5. The van der Waals surface area contributed by atoms with Crippen LogP contribution in [-0.4, -0.2) is 46.5 Å². The number of anilines is 1. The summed E-state index contributed by atoms with van der Waals surface area (Å²) in [5.74, 6) is 0.187.